The molecule has 23 heavy (non-hydrogen) atoms. The van der Waals surface area contributed by atoms with Crippen LogP contribution in [0.25, 0.3) is 0 Å². The van der Waals surface area contributed by atoms with Crippen LogP contribution in [0.3, 0.4) is 0 Å². The molecule has 4 nitrogen and oxygen atoms in total. The van der Waals surface area contributed by atoms with Crippen molar-refractivity contribution < 1.29 is 19.2 Å². The van der Waals surface area contributed by atoms with Crippen LogP contribution in [-0.2, 0) is 4.79 Å². The predicted molar refractivity (Wildman–Crippen MR) is 89.3 cm³/mol. The third kappa shape index (κ3) is 5.23. The zero-order valence-electron chi connectivity index (χ0n) is 14.3. The summed E-state index contributed by atoms with van der Waals surface area (Å²) in [6.07, 6.45) is 2.49. The normalized spacial score (nSPS) is 10.4. The molecule has 0 saturated heterocycles. The summed E-state index contributed by atoms with van der Waals surface area (Å²) in [5.41, 5.74) is 1.79. The van der Waals surface area contributed by atoms with Gasteiger partial charge in [-0.05, 0) is 51.3 Å². The Morgan fingerprint density at radius 1 is 0.870 bits per heavy atom. The van der Waals surface area contributed by atoms with Crippen molar-refractivity contribution in [2.24, 2.45) is 0 Å². The Balaban J connectivity index is 2.94. The molecule has 0 N–H and O–H groups in total. The molecule has 0 heterocycles. The Bertz CT molecular complexity index is 606. The number of carbonyl (C=O) groups is 4. The van der Waals surface area contributed by atoms with E-state index in [2.05, 4.69) is 0 Å². The second-order valence-electron chi connectivity index (χ2n) is 5.87. The molecule has 0 aromatic heterocycles. The quantitative estimate of drug-likeness (QED) is 0.643. The smallest absolute Gasteiger partial charge is 0.162 e. The molecule has 4 heteroatoms. The van der Waals surface area contributed by atoms with Gasteiger partial charge >= 0.3 is 0 Å². The zero-order valence-corrected chi connectivity index (χ0v) is 14.3. The van der Waals surface area contributed by atoms with Gasteiger partial charge in [-0.15, -0.1) is 0 Å². The molecule has 0 radical (unpaired) electrons. The topological polar surface area (TPSA) is 68.3 Å². The lowest BCUT2D eigenvalue weighted by Gasteiger charge is -2.10. The molecule has 1 aromatic carbocycles. The summed E-state index contributed by atoms with van der Waals surface area (Å²) in [7, 11) is 0. The van der Waals surface area contributed by atoms with Crippen molar-refractivity contribution in [1.29, 1.82) is 0 Å². The Labute approximate surface area is 137 Å². The highest BCUT2D eigenvalue weighted by Crippen LogP contribution is 2.20. The van der Waals surface area contributed by atoms with E-state index in [1.807, 2.05) is 6.92 Å². The first-order valence-electron chi connectivity index (χ1n) is 7.99. The maximum atomic E-state index is 12.3. The standard InChI is InChI=1S/C19H24O4/c1-5-7-16(22)8-6-9-19(23)15-10-17(13(3)20)12(2)18(11-15)14(4)21/h10-11H,5-9H2,1-4H3. The molecule has 0 atom stereocenters. The Morgan fingerprint density at radius 3 is 1.83 bits per heavy atom. The molecule has 1 aromatic rings. The van der Waals surface area contributed by atoms with Crippen LogP contribution < -0.4 is 0 Å². The average Bonchev–Trinajstić information content (AvgIpc) is 2.46. The van der Waals surface area contributed by atoms with E-state index in [4.69, 9.17) is 0 Å². The van der Waals surface area contributed by atoms with Crippen LogP contribution in [-0.4, -0.2) is 23.1 Å². The monoisotopic (exact) mass is 316 g/mol. The Kier molecular flexibility index (Phi) is 7.01. The average molecular weight is 316 g/mol. The van der Waals surface area contributed by atoms with Crippen molar-refractivity contribution in [3.05, 3.63) is 34.4 Å². The summed E-state index contributed by atoms with van der Waals surface area (Å²) in [6, 6.07) is 3.11. The molecule has 124 valence electrons. The number of rotatable bonds is 9. The van der Waals surface area contributed by atoms with Gasteiger partial charge < -0.3 is 0 Å². The molecule has 1 rings (SSSR count). The number of benzene rings is 1. The molecular weight excluding hydrogens is 292 g/mol. The third-order valence-electron chi connectivity index (χ3n) is 3.88. The van der Waals surface area contributed by atoms with Gasteiger partial charge in [0.15, 0.2) is 17.3 Å². The lowest BCUT2D eigenvalue weighted by Crippen LogP contribution is -2.09. The van der Waals surface area contributed by atoms with Gasteiger partial charge in [0.05, 0.1) is 0 Å². The first-order valence-corrected chi connectivity index (χ1v) is 7.99. The van der Waals surface area contributed by atoms with E-state index in [9.17, 15) is 19.2 Å². The first kappa shape index (κ1) is 18.9. The molecule has 0 aliphatic carbocycles. The van der Waals surface area contributed by atoms with Crippen molar-refractivity contribution in [3.8, 4) is 0 Å². The summed E-state index contributed by atoms with van der Waals surface area (Å²) in [6.45, 7) is 6.50. The zero-order chi connectivity index (χ0) is 17.6. The predicted octanol–water partition coefficient (Wildman–Crippen LogP) is 4.12. The van der Waals surface area contributed by atoms with Gasteiger partial charge in [0.25, 0.3) is 0 Å². The van der Waals surface area contributed by atoms with Crippen molar-refractivity contribution in [2.75, 3.05) is 0 Å². The van der Waals surface area contributed by atoms with E-state index in [-0.39, 0.29) is 29.6 Å². The molecule has 0 unspecified atom stereocenters. The number of hydrogen-bond donors (Lipinski definition) is 0. The van der Waals surface area contributed by atoms with E-state index in [0.717, 1.165) is 6.42 Å². The highest BCUT2D eigenvalue weighted by molar-refractivity contribution is 6.06. The molecule has 0 spiro atoms. The SMILES string of the molecule is CCCC(=O)CCCC(=O)c1cc(C(C)=O)c(C)c(C(C)=O)c1. The van der Waals surface area contributed by atoms with Crippen molar-refractivity contribution in [1.82, 2.24) is 0 Å². The van der Waals surface area contributed by atoms with Crippen LogP contribution in [0, 0.1) is 6.92 Å². The molecule has 0 amide bonds. The molecule has 0 bridgehead atoms. The van der Waals surface area contributed by atoms with Crippen molar-refractivity contribution in [3.63, 3.8) is 0 Å². The molecule has 0 fully saturated rings. The second-order valence-corrected chi connectivity index (χ2v) is 5.87. The number of carbonyl (C=O) groups excluding carboxylic acids is 4. The lowest BCUT2D eigenvalue weighted by atomic mass is 9.92. The van der Waals surface area contributed by atoms with E-state index in [1.54, 1.807) is 19.1 Å². The number of Topliss-reactive ketones (excluding diaryl/α,β-unsaturated/α-hetero) is 4. The van der Waals surface area contributed by atoms with E-state index >= 15 is 0 Å². The van der Waals surface area contributed by atoms with Crippen molar-refractivity contribution in [2.45, 2.75) is 59.8 Å². The fourth-order valence-electron chi connectivity index (χ4n) is 2.60. The van der Waals surface area contributed by atoms with Crippen LogP contribution in [0.15, 0.2) is 12.1 Å². The van der Waals surface area contributed by atoms with Crippen LogP contribution in [0.1, 0.15) is 89.5 Å². The van der Waals surface area contributed by atoms with Crippen LogP contribution in [0.4, 0.5) is 0 Å². The molecular formula is C19H24O4. The Hall–Kier alpha value is -2.10. The van der Waals surface area contributed by atoms with Gasteiger partial charge in [0.2, 0.25) is 0 Å². The highest BCUT2D eigenvalue weighted by atomic mass is 16.1. The van der Waals surface area contributed by atoms with Crippen LogP contribution >= 0.6 is 0 Å². The van der Waals surface area contributed by atoms with E-state index < -0.39 is 0 Å². The largest absolute Gasteiger partial charge is 0.300 e. The fraction of sp³-hybridized carbons (Fsp3) is 0.474. The minimum atomic E-state index is -0.169. The highest BCUT2D eigenvalue weighted by Gasteiger charge is 2.17. The number of ketones is 4. The van der Waals surface area contributed by atoms with Gasteiger partial charge in [-0.25, -0.2) is 0 Å². The van der Waals surface area contributed by atoms with Crippen LogP contribution in [0.5, 0.6) is 0 Å². The summed E-state index contributed by atoms with van der Waals surface area (Å²) in [5, 5.41) is 0. The second kappa shape index (κ2) is 8.51. The minimum Gasteiger partial charge on any atom is -0.300 e. The third-order valence-corrected chi connectivity index (χ3v) is 3.88. The van der Waals surface area contributed by atoms with E-state index in [0.29, 0.717) is 41.5 Å². The fourth-order valence-corrected chi connectivity index (χ4v) is 2.60. The lowest BCUT2D eigenvalue weighted by molar-refractivity contribution is -0.119. The summed E-state index contributed by atoms with van der Waals surface area (Å²) in [5.74, 6) is -0.312. The summed E-state index contributed by atoms with van der Waals surface area (Å²) >= 11 is 0. The molecule has 0 aliphatic rings. The molecule has 0 saturated carbocycles. The maximum absolute atomic E-state index is 12.3. The summed E-state index contributed by atoms with van der Waals surface area (Å²) in [4.78, 5) is 47.3. The maximum Gasteiger partial charge on any atom is 0.162 e. The Morgan fingerprint density at radius 2 is 1.39 bits per heavy atom. The van der Waals surface area contributed by atoms with Crippen LogP contribution in [0.2, 0.25) is 0 Å². The van der Waals surface area contributed by atoms with Gasteiger partial charge in [-0.1, -0.05) is 6.92 Å². The first-order chi connectivity index (χ1) is 10.8. The molecule has 0 aliphatic heterocycles. The van der Waals surface area contributed by atoms with E-state index in [1.165, 1.54) is 13.8 Å². The van der Waals surface area contributed by atoms with Crippen molar-refractivity contribution >= 4 is 23.1 Å². The summed E-state index contributed by atoms with van der Waals surface area (Å²) < 4.78 is 0. The van der Waals surface area contributed by atoms with Gasteiger partial charge in [0, 0.05) is 36.0 Å². The van der Waals surface area contributed by atoms with Gasteiger partial charge in [-0.2, -0.15) is 0 Å². The van der Waals surface area contributed by atoms with Gasteiger partial charge in [0.1, 0.15) is 5.78 Å². The van der Waals surface area contributed by atoms with Gasteiger partial charge in [-0.3, -0.25) is 19.2 Å². The number of hydrogen-bond acceptors (Lipinski definition) is 4. The minimum absolute atomic E-state index is 0.140.